The molecule has 14 aromatic carbocycles. The number of nitrogens with zero attached hydrogens (tertiary/aromatic N) is 15. The molecule has 17 aromatic rings. The summed E-state index contributed by atoms with van der Waals surface area (Å²) in [5, 5.41) is 35.4. The monoisotopic (exact) mass is 2420 g/mol. The van der Waals surface area contributed by atoms with Crippen LogP contribution in [0.25, 0.3) is 56.3 Å². The summed E-state index contributed by atoms with van der Waals surface area (Å²) in [6.07, 6.45) is 32.3. The third-order valence-electron chi connectivity index (χ3n) is 26.1. The van der Waals surface area contributed by atoms with E-state index in [0.29, 0.717) is 11.5 Å². The maximum atomic E-state index is 6.10. The van der Waals surface area contributed by atoms with Crippen molar-refractivity contribution in [1.29, 1.82) is 0 Å². The van der Waals surface area contributed by atoms with Gasteiger partial charge >= 0.3 is 0 Å². The van der Waals surface area contributed by atoms with Crippen LogP contribution >= 0.6 is 0 Å². The molecule has 0 unspecified atom stereocenters. The second-order valence-electron chi connectivity index (χ2n) is 36.1. The van der Waals surface area contributed by atoms with Gasteiger partial charge in [0.15, 0.2) is 13.4 Å². The number of aryl methyl sites for hydroxylation is 6. The number of hydrogen-bond acceptors (Lipinski definition) is 13. The molecule has 0 amide bonds. The zero-order chi connectivity index (χ0) is 96.4. The first-order valence-electron chi connectivity index (χ1n) is 48.3. The number of hydrogen-bond donors (Lipinski definition) is 0. The van der Waals surface area contributed by atoms with Gasteiger partial charge in [0.05, 0.1) is 41.7 Å². The van der Waals surface area contributed by atoms with Crippen molar-refractivity contribution >= 4 is 98.3 Å². The second-order valence-corrected chi connectivity index (χ2v) is 36.1. The number of allylic oxidation sites excluding steroid dienone is 12. The van der Waals surface area contributed by atoms with Gasteiger partial charge in [0.1, 0.15) is 5.84 Å². The molecule has 3 aliphatic carbocycles. The van der Waals surface area contributed by atoms with E-state index in [2.05, 4.69) is 412 Å². The van der Waals surface area contributed by atoms with E-state index in [1.165, 1.54) is 44.3 Å². The Morgan fingerprint density at radius 3 is 1.20 bits per heavy atom. The van der Waals surface area contributed by atoms with E-state index in [9.17, 15) is 0 Å². The van der Waals surface area contributed by atoms with Gasteiger partial charge < -0.3 is 34.5 Å². The van der Waals surface area contributed by atoms with Gasteiger partial charge in [0.25, 0.3) is 0 Å². The molecule has 3 atom stereocenters. The zero-order valence-corrected chi connectivity index (χ0v) is 88.0. The molecule has 724 valence electrons. The number of amidine groups is 2. The summed E-state index contributed by atoms with van der Waals surface area (Å²) < 4.78 is 12.4. The van der Waals surface area contributed by atoms with Crippen LogP contribution in [-0.4, -0.2) is 60.8 Å². The fourth-order valence-electron chi connectivity index (χ4n) is 19.5. The zero-order valence-electron chi connectivity index (χ0n) is 81.1. The molecule has 6 heterocycles. The van der Waals surface area contributed by atoms with E-state index in [0.717, 1.165) is 149 Å². The Bertz CT molecular complexity index is 7670. The number of anilines is 6. The molecule has 0 N–H and O–H groups in total. The first kappa shape index (κ1) is 100. The number of hydrazone groups is 3. The van der Waals surface area contributed by atoms with Gasteiger partial charge in [-0.15, -0.1) is 134 Å². The molecule has 3 aliphatic heterocycles. The van der Waals surface area contributed by atoms with Crippen LogP contribution < -0.4 is 67.2 Å². The van der Waals surface area contributed by atoms with E-state index >= 15 is 0 Å². The average Bonchev–Trinajstić information content (AvgIpc) is 1.70. The van der Waals surface area contributed by atoms with Crippen LogP contribution in [0.3, 0.4) is 0 Å². The van der Waals surface area contributed by atoms with Crippen molar-refractivity contribution in [2.75, 3.05) is 29.7 Å². The normalized spacial score (nSPS) is 15.2. The van der Waals surface area contributed by atoms with Crippen LogP contribution in [0.5, 0.6) is 11.5 Å². The second kappa shape index (κ2) is 46.1. The van der Waals surface area contributed by atoms with E-state index in [1.807, 2.05) is 149 Å². The van der Waals surface area contributed by atoms with Crippen LogP contribution in [-0.2, 0) is 63.2 Å². The molecule has 0 radical (unpaired) electrons. The first-order chi connectivity index (χ1) is 69.7. The van der Waals surface area contributed by atoms with Crippen molar-refractivity contribution in [3.8, 4) is 67.8 Å². The van der Waals surface area contributed by atoms with Crippen LogP contribution in [0, 0.1) is 97.9 Å². The summed E-state index contributed by atoms with van der Waals surface area (Å²) in [6.45, 7) is 21.0. The molecule has 21 heteroatoms. The fraction of sp³-hybridized carbons (Fsp3) is 0.105. The molecule has 0 fully saturated rings. The van der Waals surface area contributed by atoms with Crippen molar-refractivity contribution in [1.82, 2.24) is 29.3 Å². The number of para-hydroxylation sites is 3. The van der Waals surface area contributed by atoms with Gasteiger partial charge in [-0.1, -0.05) is 328 Å². The van der Waals surface area contributed by atoms with E-state index in [4.69, 9.17) is 30.2 Å². The quantitative estimate of drug-likeness (QED) is 0.0452. The van der Waals surface area contributed by atoms with E-state index < -0.39 is 0 Å². The Morgan fingerprint density at radius 2 is 0.724 bits per heavy atom. The van der Waals surface area contributed by atoms with Gasteiger partial charge in [-0.25, -0.2) is 15.3 Å². The average molecular weight is 2430 g/mol. The maximum absolute atomic E-state index is 6.10. The first-order valence-corrected chi connectivity index (χ1v) is 48.3. The van der Waals surface area contributed by atoms with Crippen LogP contribution in [0.2, 0.25) is 0 Å². The third kappa shape index (κ3) is 22.6. The van der Waals surface area contributed by atoms with Crippen molar-refractivity contribution in [3.63, 3.8) is 0 Å². The Labute approximate surface area is 894 Å². The van der Waals surface area contributed by atoms with Crippen molar-refractivity contribution in [2.24, 2.45) is 15.3 Å². The molecule has 3 aromatic heterocycles. The van der Waals surface area contributed by atoms with Gasteiger partial charge in [0.2, 0.25) is 0 Å². The Balaban J connectivity index is 0.000000145. The van der Waals surface area contributed by atoms with Crippen LogP contribution in [0.1, 0.15) is 83.3 Å². The number of rotatable bonds is 23. The molecule has 0 bridgehead atoms. The SMILES string of the molecule is CC1=NN(c2[c-]c(B(c3[c-]c(-c4cc(-c5ccccc5)n([C@@H]5C=CC=CC5)n4)ccc3)c3c(C)cc(C)cc3C)ccc2)[CH-]N1c1ccccc1.Cc1cc(C)c(B(c2[c-]c(-c3cc(-c4ccccc4)n([C@@H]4C=CC=CC4)n3)ccc2)c2[c-]c(N3[CH-]N(c4ccccc4)C(c4ccccc4)=N3)ccc2)c(C)c1.[Pt].[Pt].[Pt].[c-]1c(Oc2[c-]c(N3[CH-]N(c4ccccc4)C=N3)ccc2)cccc1-c1ccn([C@@H]2C=CC=CC2)n1. The van der Waals surface area contributed by atoms with Crippen molar-refractivity contribution in [3.05, 3.63) is 508 Å². The number of benzene rings is 14. The fourth-order valence-corrected chi connectivity index (χ4v) is 19.5. The summed E-state index contributed by atoms with van der Waals surface area (Å²) in [4.78, 5) is 6.20. The van der Waals surface area contributed by atoms with E-state index in [-0.39, 0.29) is 94.7 Å². The minimum atomic E-state index is -0.136. The summed E-state index contributed by atoms with van der Waals surface area (Å²) >= 11 is 0. The van der Waals surface area contributed by atoms with Gasteiger partial charge in [-0.05, 0) is 115 Å². The number of ether oxygens (including phenoxy) is 1. The summed E-state index contributed by atoms with van der Waals surface area (Å²) in [5.74, 6) is 2.94. The summed E-state index contributed by atoms with van der Waals surface area (Å²) in [6, 6.07) is 137. The molecular weight excluding hydrogens is 2320 g/mol. The molecule has 6 aliphatic rings. The molecule has 16 nitrogen and oxygen atoms in total. The minimum Gasteiger partial charge on any atom is -0.503 e. The Hall–Kier alpha value is -15.0. The van der Waals surface area contributed by atoms with Gasteiger partial charge in [0, 0.05) is 121 Å². The third-order valence-corrected chi connectivity index (χ3v) is 26.1. The molecule has 0 spiro atoms. The Kier molecular flexibility index (Phi) is 31.8. The molecule has 0 saturated heterocycles. The maximum Gasteiger partial charge on any atom is 0.198 e. The smallest absolute Gasteiger partial charge is 0.198 e. The summed E-state index contributed by atoms with van der Waals surface area (Å²) in [7, 11) is 0. The van der Waals surface area contributed by atoms with Crippen LogP contribution in [0.15, 0.2) is 428 Å². The predicted molar refractivity (Wildman–Crippen MR) is 584 cm³/mol. The van der Waals surface area contributed by atoms with Crippen molar-refractivity contribution in [2.45, 2.75) is 85.9 Å². The summed E-state index contributed by atoms with van der Waals surface area (Å²) in [5.41, 5.74) is 30.9. The van der Waals surface area contributed by atoms with Crippen LogP contribution in [0.4, 0.5) is 34.1 Å². The topological polar surface area (TPSA) is 119 Å². The van der Waals surface area contributed by atoms with E-state index in [1.54, 1.807) is 11.3 Å². The molecule has 23 rings (SSSR count). The largest absolute Gasteiger partial charge is 0.503 e. The van der Waals surface area contributed by atoms with Gasteiger partial charge in [-0.3, -0.25) is 14.0 Å². The standard InChI is InChI=1S/C50H41BN5.C45H39BN5.C29H22N5O.3Pt/c1-36-30-37(2)49(38(3)31-36)51(42-23-16-22-41(32-42)47-34-48(39-18-8-4-9-19-39)56(52-47)45-27-14-7-15-28-45)43-24-17-29-46(33-43)55-35-54(44-25-12-6-13-26-44)50(53-55)40-20-10-5-11-21-40;1-32-26-33(2)45(34(3)27-32)46(39-20-15-25-42(29-39)50-31-49(35(4)47-50)40-21-10-6-11-22-40)38-19-14-18-37(28-38)43-30-44(36-16-8-5-9-17-36)51(48-43)41-23-12-7-13-24-41;1-3-10-24(11-4-1)32-21-30-34(22-32)26-14-8-16-28(20-26)35-27-15-7-9-23(19-27)29-17-18-33(31-29)25-12-5-2-6-13-25;;;/h4-27,29-31,34-35,45H,28H2,1-3H3;5-23,25-27,30-31,41H,24H2,1-4H3;1-12,14-18,21-22,25H,13H2;;;/q3*-3;;;/t45-;41-;25-;;;/m111.../s1. The minimum absolute atomic E-state index is 0. The van der Waals surface area contributed by atoms with Gasteiger partial charge in [-0.2, -0.15) is 79.6 Å². The Morgan fingerprint density at radius 1 is 0.331 bits per heavy atom. The predicted octanol–water partition coefficient (Wildman–Crippen LogP) is 23.6. The molecular formula is C124H102B2N15OPt3-9. The molecule has 0 saturated carbocycles. The number of aromatic nitrogens is 6. The molecule has 145 heavy (non-hydrogen) atoms. The van der Waals surface area contributed by atoms with Crippen molar-refractivity contribution < 1.29 is 67.9 Å².